The Morgan fingerprint density at radius 2 is 2.00 bits per heavy atom. The molecule has 0 saturated heterocycles. The maximum absolute atomic E-state index is 12.2. The monoisotopic (exact) mass is 450 g/mol. The van der Waals surface area contributed by atoms with Crippen molar-refractivity contribution >= 4 is 65.8 Å². The number of anilines is 2. The number of benzene rings is 1. The number of nitrogens with zero attached hydrogens (tertiary/aromatic N) is 3. The first kappa shape index (κ1) is 19.2. The molecular formula is C13H15BrN4O3S3. The van der Waals surface area contributed by atoms with Crippen molar-refractivity contribution in [2.24, 2.45) is 0 Å². The van der Waals surface area contributed by atoms with Crippen LogP contribution in [0.2, 0.25) is 0 Å². The van der Waals surface area contributed by atoms with Crippen LogP contribution >= 0.6 is 39.0 Å². The van der Waals surface area contributed by atoms with Gasteiger partial charge < -0.3 is 0 Å². The van der Waals surface area contributed by atoms with Gasteiger partial charge in [-0.2, -0.15) is 0 Å². The number of sulfonamides is 1. The summed E-state index contributed by atoms with van der Waals surface area (Å²) in [6.07, 6.45) is 1.06. The van der Waals surface area contributed by atoms with E-state index in [2.05, 4.69) is 31.4 Å². The molecule has 0 atom stereocenters. The second-order valence-electron chi connectivity index (χ2n) is 4.60. The zero-order valence-corrected chi connectivity index (χ0v) is 16.9. The van der Waals surface area contributed by atoms with Gasteiger partial charge in [0.15, 0.2) is 4.34 Å². The van der Waals surface area contributed by atoms with E-state index in [1.165, 1.54) is 23.1 Å². The first-order valence-electron chi connectivity index (χ1n) is 6.79. The van der Waals surface area contributed by atoms with E-state index >= 15 is 0 Å². The van der Waals surface area contributed by atoms with Crippen LogP contribution in [0.25, 0.3) is 0 Å². The number of carbonyl (C=O) groups excluding carboxylic acids is 1. The lowest BCUT2D eigenvalue weighted by Gasteiger charge is -2.21. The minimum Gasteiger partial charge on any atom is -0.299 e. The molecular weight excluding hydrogens is 436 g/mol. The summed E-state index contributed by atoms with van der Waals surface area (Å²) < 4.78 is 26.6. The summed E-state index contributed by atoms with van der Waals surface area (Å²) in [5, 5.41) is 10.7. The molecule has 0 saturated carbocycles. The number of hydrogen-bond donors (Lipinski definition) is 1. The Balaban J connectivity index is 2.11. The predicted octanol–water partition coefficient (Wildman–Crippen LogP) is 2.82. The van der Waals surface area contributed by atoms with E-state index in [0.29, 0.717) is 10.8 Å². The van der Waals surface area contributed by atoms with Crippen LogP contribution in [-0.4, -0.2) is 43.1 Å². The Morgan fingerprint density at radius 3 is 2.58 bits per heavy atom. The highest BCUT2D eigenvalue weighted by Gasteiger charge is 2.21. The van der Waals surface area contributed by atoms with E-state index in [1.54, 1.807) is 24.3 Å². The first-order valence-corrected chi connectivity index (χ1v) is 11.2. The number of rotatable bonds is 7. The third kappa shape index (κ3) is 5.43. The van der Waals surface area contributed by atoms with Crippen molar-refractivity contribution in [2.75, 3.05) is 28.2 Å². The number of amides is 1. The summed E-state index contributed by atoms with van der Waals surface area (Å²) in [6.45, 7) is 1.66. The van der Waals surface area contributed by atoms with Gasteiger partial charge in [-0.1, -0.05) is 46.0 Å². The number of hydrogen-bond acceptors (Lipinski definition) is 7. The molecule has 130 valence electrons. The molecule has 24 heavy (non-hydrogen) atoms. The van der Waals surface area contributed by atoms with Gasteiger partial charge in [-0.05, 0) is 30.0 Å². The molecule has 7 nitrogen and oxygen atoms in total. The summed E-state index contributed by atoms with van der Waals surface area (Å²) in [7, 11) is -3.60. The quantitative estimate of drug-likeness (QED) is 0.514. The smallest absolute Gasteiger partial charge is 0.246 e. The van der Waals surface area contributed by atoms with Gasteiger partial charge in [0.2, 0.25) is 21.1 Å². The highest BCUT2D eigenvalue weighted by molar-refractivity contribution is 9.10. The van der Waals surface area contributed by atoms with Crippen LogP contribution in [0.5, 0.6) is 0 Å². The van der Waals surface area contributed by atoms with E-state index in [-0.39, 0.29) is 6.54 Å². The average Bonchev–Trinajstić information content (AvgIpc) is 2.92. The van der Waals surface area contributed by atoms with E-state index in [4.69, 9.17) is 0 Å². The number of aromatic nitrogens is 2. The van der Waals surface area contributed by atoms with Gasteiger partial charge in [-0.15, -0.1) is 10.2 Å². The minimum atomic E-state index is -3.60. The van der Waals surface area contributed by atoms with Crippen LogP contribution in [0.3, 0.4) is 0 Å². The van der Waals surface area contributed by atoms with Crippen molar-refractivity contribution in [3.05, 3.63) is 28.7 Å². The van der Waals surface area contributed by atoms with Crippen LogP contribution in [0.4, 0.5) is 10.8 Å². The lowest BCUT2D eigenvalue weighted by molar-refractivity contribution is -0.114. The van der Waals surface area contributed by atoms with Crippen molar-refractivity contribution in [1.82, 2.24) is 10.2 Å². The fraction of sp³-hybridized carbons (Fsp3) is 0.308. The number of thioether (sulfide) groups is 1. The van der Waals surface area contributed by atoms with Gasteiger partial charge >= 0.3 is 0 Å². The van der Waals surface area contributed by atoms with Crippen molar-refractivity contribution in [2.45, 2.75) is 11.3 Å². The van der Waals surface area contributed by atoms with Gasteiger partial charge in [-0.3, -0.25) is 14.4 Å². The Kier molecular flexibility index (Phi) is 6.61. The number of halogens is 1. The molecule has 0 bridgehead atoms. The molecule has 2 rings (SSSR count). The Labute approximate surface area is 157 Å². The Morgan fingerprint density at radius 1 is 1.33 bits per heavy atom. The molecule has 0 unspecified atom stereocenters. The van der Waals surface area contributed by atoms with Crippen LogP contribution in [0.15, 0.2) is 33.1 Å². The zero-order valence-electron chi connectivity index (χ0n) is 12.9. The molecule has 2 aromatic rings. The minimum absolute atomic E-state index is 0.337. The second kappa shape index (κ2) is 8.28. The third-order valence-corrected chi connectivity index (χ3v) is 6.25. The van der Waals surface area contributed by atoms with E-state index in [9.17, 15) is 13.2 Å². The van der Waals surface area contributed by atoms with Gasteiger partial charge in [0, 0.05) is 4.47 Å². The van der Waals surface area contributed by atoms with Crippen molar-refractivity contribution in [1.29, 1.82) is 0 Å². The highest BCUT2D eigenvalue weighted by Crippen LogP contribution is 2.25. The Hall–Kier alpha value is -1.17. The van der Waals surface area contributed by atoms with Gasteiger partial charge in [0.05, 0.1) is 11.9 Å². The molecule has 0 radical (unpaired) electrons. The lowest BCUT2D eigenvalue weighted by atomic mass is 10.3. The third-order valence-electron chi connectivity index (χ3n) is 2.72. The summed E-state index contributed by atoms with van der Waals surface area (Å²) in [4.78, 5) is 12.2. The van der Waals surface area contributed by atoms with Gasteiger partial charge in [-0.25, -0.2) is 8.42 Å². The summed E-state index contributed by atoms with van der Waals surface area (Å²) in [6, 6.07) is 6.67. The standard InChI is InChI=1S/C13H15BrN4O3S3/c1-3-22-13-17-16-12(23-13)15-11(19)8-18(24(2,20)21)10-6-4-9(14)5-7-10/h4-7H,3,8H2,1-2H3,(H,15,16,19). The van der Waals surface area contributed by atoms with Crippen LogP contribution in [-0.2, 0) is 14.8 Å². The molecule has 1 aromatic heterocycles. The summed E-state index contributed by atoms with van der Waals surface area (Å²) in [5.74, 6) is 0.376. The summed E-state index contributed by atoms with van der Waals surface area (Å²) in [5.41, 5.74) is 0.412. The molecule has 0 fully saturated rings. The van der Waals surface area contributed by atoms with E-state index in [0.717, 1.165) is 25.1 Å². The zero-order chi connectivity index (χ0) is 17.7. The first-order chi connectivity index (χ1) is 11.3. The molecule has 0 aliphatic rings. The fourth-order valence-corrected chi connectivity index (χ4v) is 4.52. The van der Waals surface area contributed by atoms with E-state index < -0.39 is 15.9 Å². The van der Waals surface area contributed by atoms with Crippen LogP contribution in [0.1, 0.15) is 6.92 Å². The fourth-order valence-electron chi connectivity index (χ4n) is 1.74. The molecule has 0 aliphatic carbocycles. The number of nitrogens with one attached hydrogen (secondary N) is 1. The maximum atomic E-state index is 12.2. The molecule has 0 aliphatic heterocycles. The molecule has 11 heteroatoms. The molecule has 1 N–H and O–H groups in total. The van der Waals surface area contributed by atoms with Crippen LogP contribution < -0.4 is 9.62 Å². The van der Waals surface area contributed by atoms with E-state index in [1.807, 2.05) is 6.92 Å². The van der Waals surface area contributed by atoms with Crippen LogP contribution in [0, 0.1) is 0 Å². The maximum Gasteiger partial charge on any atom is 0.246 e. The van der Waals surface area contributed by atoms with Crippen molar-refractivity contribution in [3.63, 3.8) is 0 Å². The lowest BCUT2D eigenvalue weighted by Crippen LogP contribution is -2.37. The Bertz CT molecular complexity index is 808. The largest absolute Gasteiger partial charge is 0.299 e. The SMILES string of the molecule is CCSc1nnc(NC(=O)CN(c2ccc(Br)cc2)S(C)(=O)=O)s1. The van der Waals surface area contributed by atoms with Gasteiger partial charge in [0.1, 0.15) is 6.54 Å². The molecule has 0 spiro atoms. The van der Waals surface area contributed by atoms with Gasteiger partial charge in [0.25, 0.3) is 0 Å². The van der Waals surface area contributed by atoms with Crippen molar-refractivity contribution in [3.8, 4) is 0 Å². The molecule has 1 heterocycles. The highest BCUT2D eigenvalue weighted by atomic mass is 79.9. The van der Waals surface area contributed by atoms with Crippen molar-refractivity contribution < 1.29 is 13.2 Å². The second-order valence-corrected chi connectivity index (χ2v) is 9.91. The molecule has 1 aromatic carbocycles. The molecule has 1 amide bonds. The predicted molar refractivity (Wildman–Crippen MR) is 101 cm³/mol. The summed E-state index contributed by atoms with van der Waals surface area (Å²) >= 11 is 6.07. The topological polar surface area (TPSA) is 92.3 Å². The average molecular weight is 451 g/mol. The normalized spacial score (nSPS) is 11.3. The number of carbonyl (C=O) groups is 1.